The third kappa shape index (κ3) is 4.67. The molecule has 0 aliphatic heterocycles. The summed E-state index contributed by atoms with van der Waals surface area (Å²) in [5, 5.41) is 3.63. The van der Waals surface area contributed by atoms with Crippen LogP contribution in [0.2, 0.25) is 0 Å². The van der Waals surface area contributed by atoms with Crippen molar-refractivity contribution in [2.24, 2.45) is 0 Å². The number of hydrogen-bond donors (Lipinski definition) is 1. The van der Waals surface area contributed by atoms with Gasteiger partial charge in [0, 0.05) is 10.5 Å². The zero-order valence-electron chi connectivity index (χ0n) is 10.3. The van der Waals surface area contributed by atoms with Crippen LogP contribution in [0.15, 0.2) is 28.7 Å². The lowest BCUT2D eigenvalue weighted by molar-refractivity contribution is 0.481. The van der Waals surface area contributed by atoms with Gasteiger partial charge in [-0.2, -0.15) is 0 Å². The number of benzene rings is 1. The molecule has 0 aliphatic rings. The Morgan fingerprint density at radius 1 is 1.25 bits per heavy atom. The molecule has 16 heavy (non-hydrogen) atoms. The van der Waals surface area contributed by atoms with Crippen LogP contribution in [0, 0.1) is 0 Å². The predicted molar refractivity (Wildman–Crippen MR) is 74.7 cm³/mol. The van der Waals surface area contributed by atoms with E-state index in [1.807, 2.05) is 0 Å². The van der Waals surface area contributed by atoms with Crippen molar-refractivity contribution in [3.63, 3.8) is 0 Å². The van der Waals surface area contributed by atoms with Crippen LogP contribution in [0.4, 0.5) is 0 Å². The SMILES string of the molecule is CCCCC(NCCC)c1cccc(Br)c1. The Morgan fingerprint density at radius 2 is 2.06 bits per heavy atom. The van der Waals surface area contributed by atoms with E-state index in [1.165, 1.54) is 35.7 Å². The Balaban J connectivity index is 2.66. The monoisotopic (exact) mass is 283 g/mol. The summed E-state index contributed by atoms with van der Waals surface area (Å²) in [6.45, 7) is 5.56. The Hall–Kier alpha value is -0.340. The maximum Gasteiger partial charge on any atom is 0.0320 e. The first-order chi connectivity index (χ1) is 7.77. The van der Waals surface area contributed by atoms with Crippen LogP contribution in [0.5, 0.6) is 0 Å². The van der Waals surface area contributed by atoms with Crippen molar-refractivity contribution >= 4 is 15.9 Å². The predicted octanol–water partition coefficient (Wildman–Crippen LogP) is 4.68. The second-order valence-corrected chi connectivity index (χ2v) is 5.12. The van der Waals surface area contributed by atoms with Gasteiger partial charge in [0.05, 0.1) is 0 Å². The van der Waals surface area contributed by atoms with Gasteiger partial charge in [-0.25, -0.2) is 0 Å². The Kier molecular flexibility index (Phi) is 6.74. The third-order valence-corrected chi connectivity index (χ3v) is 3.23. The highest BCUT2D eigenvalue weighted by Gasteiger charge is 2.09. The van der Waals surface area contributed by atoms with E-state index >= 15 is 0 Å². The standard InChI is InChI=1S/C14H22BrN/c1-3-5-9-14(16-10-4-2)12-7-6-8-13(15)11-12/h6-8,11,14,16H,3-5,9-10H2,1-2H3. The molecule has 1 N–H and O–H groups in total. The molecule has 1 aromatic carbocycles. The zero-order valence-corrected chi connectivity index (χ0v) is 11.9. The summed E-state index contributed by atoms with van der Waals surface area (Å²) < 4.78 is 1.17. The minimum absolute atomic E-state index is 0.511. The van der Waals surface area contributed by atoms with Crippen LogP contribution in [0.1, 0.15) is 51.1 Å². The second kappa shape index (κ2) is 7.86. The third-order valence-electron chi connectivity index (χ3n) is 2.74. The summed E-state index contributed by atoms with van der Waals surface area (Å²) in [6.07, 6.45) is 4.97. The van der Waals surface area contributed by atoms with Crippen LogP contribution >= 0.6 is 15.9 Å². The van der Waals surface area contributed by atoms with Gasteiger partial charge in [0.1, 0.15) is 0 Å². The van der Waals surface area contributed by atoms with E-state index in [2.05, 4.69) is 59.4 Å². The summed E-state index contributed by atoms with van der Waals surface area (Å²) in [4.78, 5) is 0. The maximum absolute atomic E-state index is 3.63. The van der Waals surface area contributed by atoms with Gasteiger partial charge in [0.2, 0.25) is 0 Å². The fourth-order valence-electron chi connectivity index (χ4n) is 1.84. The summed E-state index contributed by atoms with van der Waals surface area (Å²) >= 11 is 3.54. The molecule has 0 bridgehead atoms. The summed E-state index contributed by atoms with van der Waals surface area (Å²) in [7, 11) is 0. The molecule has 1 unspecified atom stereocenters. The molecule has 1 aromatic rings. The maximum atomic E-state index is 3.63. The van der Waals surface area contributed by atoms with Crippen molar-refractivity contribution < 1.29 is 0 Å². The molecule has 0 radical (unpaired) electrons. The molecular weight excluding hydrogens is 262 g/mol. The lowest BCUT2D eigenvalue weighted by atomic mass is 10.0. The molecule has 0 amide bonds. The van der Waals surface area contributed by atoms with Crippen LogP contribution in [-0.2, 0) is 0 Å². The number of hydrogen-bond acceptors (Lipinski definition) is 1. The fraction of sp³-hybridized carbons (Fsp3) is 0.571. The highest BCUT2D eigenvalue weighted by molar-refractivity contribution is 9.10. The van der Waals surface area contributed by atoms with Crippen molar-refractivity contribution in [2.45, 2.75) is 45.6 Å². The van der Waals surface area contributed by atoms with E-state index in [1.54, 1.807) is 0 Å². The van der Waals surface area contributed by atoms with Gasteiger partial charge in [0.25, 0.3) is 0 Å². The zero-order chi connectivity index (χ0) is 11.8. The molecule has 1 nitrogen and oxygen atoms in total. The smallest absolute Gasteiger partial charge is 0.0320 e. The highest BCUT2D eigenvalue weighted by Crippen LogP contribution is 2.22. The Morgan fingerprint density at radius 3 is 2.69 bits per heavy atom. The van der Waals surface area contributed by atoms with Crippen LogP contribution in [0.25, 0.3) is 0 Å². The van der Waals surface area contributed by atoms with Crippen molar-refractivity contribution in [3.8, 4) is 0 Å². The number of halogens is 1. The van der Waals surface area contributed by atoms with Gasteiger partial charge in [-0.3, -0.25) is 0 Å². The molecule has 0 fully saturated rings. The first-order valence-electron chi connectivity index (χ1n) is 6.26. The molecule has 0 saturated heterocycles. The molecule has 90 valence electrons. The number of nitrogens with one attached hydrogen (secondary N) is 1. The minimum Gasteiger partial charge on any atom is -0.310 e. The van der Waals surface area contributed by atoms with Gasteiger partial charge in [-0.05, 0) is 37.1 Å². The van der Waals surface area contributed by atoms with Crippen LogP contribution in [0.3, 0.4) is 0 Å². The van der Waals surface area contributed by atoms with Gasteiger partial charge >= 0.3 is 0 Å². The first-order valence-corrected chi connectivity index (χ1v) is 7.06. The van der Waals surface area contributed by atoms with Crippen molar-refractivity contribution in [3.05, 3.63) is 34.3 Å². The lowest BCUT2D eigenvalue weighted by Crippen LogP contribution is -2.22. The topological polar surface area (TPSA) is 12.0 Å². The molecule has 2 heteroatoms. The first kappa shape index (κ1) is 13.7. The summed E-state index contributed by atoms with van der Waals surface area (Å²) in [5.74, 6) is 0. The summed E-state index contributed by atoms with van der Waals surface area (Å²) in [5.41, 5.74) is 1.40. The number of rotatable bonds is 7. The second-order valence-electron chi connectivity index (χ2n) is 4.20. The van der Waals surface area contributed by atoms with Gasteiger partial charge in [0.15, 0.2) is 0 Å². The van der Waals surface area contributed by atoms with E-state index in [4.69, 9.17) is 0 Å². The quantitative estimate of drug-likeness (QED) is 0.766. The van der Waals surface area contributed by atoms with Crippen molar-refractivity contribution in [2.75, 3.05) is 6.54 Å². The highest BCUT2D eigenvalue weighted by atomic mass is 79.9. The molecular formula is C14H22BrN. The van der Waals surface area contributed by atoms with E-state index in [-0.39, 0.29) is 0 Å². The Labute approximate surface area is 108 Å². The van der Waals surface area contributed by atoms with Crippen LogP contribution in [-0.4, -0.2) is 6.54 Å². The van der Waals surface area contributed by atoms with Gasteiger partial charge < -0.3 is 5.32 Å². The fourth-order valence-corrected chi connectivity index (χ4v) is 2.25. The van der Waals surface area contributed by atoms with E-state index in [0.717, 1.165) is 6.54 Å². The van der Waals surface area contributed by atoms with Crippen molar-refractivity contribution in [1.82, 2.24) is 5.32 Å². The molecule has 0 heterocycles. The minimum atomic E-state index is 0.511. The average Bonchev–Trinajstić information content (AvgIpc) is 2.29. The number of unbranched alkanes of at least 4 members (excludes halogenated alkanes) is 1. The summed E-state index contributed by atoms with van der Waals surface area (Å²) in [6, 6.07) is 9.15. The molecule has 1 atom stereocenters. The molecule has 0 aliphatic carbocycles. The van der Waals surface area contributed by atoms with Crippen molar-refractivity contribution in [1.29, 1.82) is 0 Å². The normalized spacial score (nSPS) is 12.7. The van der Waals surface area contributed by atoms with Gasteiger partial charge in [-0.15, -0.1) is 0 Å². The lowest BCUT2D eigenvalue weighted by Gasteiger charge is -2.19. The largest absolute Gasteiger partial charge is 0.310 e. The molecule has 0 saturated carbocycles. The average molecular weight is 284 g/mol. The van der Waals surface area contributed by atoms with E-state index in [9.17, 15) is 0 Å². The van der Waals surface area contributed by atoms with E-state index < -0.39 is 0 Å². The van der Waals surface area contributed by atoms with E-state index in [0.29, 0.717) is 6.04 Å². The molecule has 0 spiro atoms. The molecule has 0 aromatic heterocycles. The molecule has 1 rings (SSSR count). The van der Waals surface area contributed by atoms with Crippen LogP contribution < -0.4 is 5.32 Å². The Bertz CT molecular complexity index is 291. The van der Waals surface area contributed by atoms with Gasteiger partial charge in [-0.1, -0.05) is 54.8 Å².